The molecule has 0 spiro atoms. The summed E-state index contributed by atoms with van der Waals surface area (Å²) in [6, 6.07) is 0. The van der Waals surface area contributed by atoms with Crippen molar-refractivity contribution in [3.63, 3.8) is 0 Å². The molecule has 0 amide bonds. The van der Waals surface area contributed by atoms with E-state index in [1.807, 2.05) is 0 Å². The number of rotatable bonds is 14. The first-order valence-electron chi connectivity index (χ1n) is 7.56. The van der Waals surface area contributed by atoms with Crippen LogP contribution in [-0.2, 0) is 4.52 Å². The molecular weight excluding hydrogens is 270 g/mol. The van der Waals surface area contributed by atoms with E-state index < -0.39 is 8.60 Å². The first kappa shape index (κ1) is 22.6. The molecule has 0 aromatic rings. The fourth-order valence-corrected chi connectivity index (χ4v) is 2.37. The Morgan fingerprint density at radius 1 is 0.789 bits per heavy atom. The Kier molecular flexibility index (Phi) is 23.0. The molecule has 0 aliphatic heterocycles. The molecular formula is C14H30NaO3P. The normalized spacial score (nSPS) is 12.2. The van der Waals surface area contributed by atoms with Crippen molar-refractivity contribution in [2.24, 2.45) is 0 Å². The zero-order chi connectivity index (χ0) is 13.5. The van der Waals surface area contributed by atoms with Gasteiger partial charge < -0.3 is 14.3 Å². The maximum absolute atomic E-state index is 10.2. The summed E-state index contributed by atoms with van der Waals surface area (Å²) >= 11 is 0. The molecule has 5 heteroatoms. The second kappa shape index (κ2) is 19.3. The first-order valence-corrected chi connectivity index (χ1v) is 8.69. The Balaban J connectivity index is 0. The van der Waals surface area contributed by atoms with Crippen LogP contribution < -0.4 is 34.5 Å². The van der Waals surface area contributed by atoms with Gasteiger partial charge in [-0.25, -0.2) is 0 Å². The quantitative estimate of drug-likeness (QED) is 0.299. The van der Waals surface area contributed by atoms with Gasteiger partial charge in [0.15, 0.2) is 0 Å². The molecule has 0 heterocycles. The molecule has 110 valence electrons. The second-order valence-electron chi connectivity index (χ2n) is 4.96. The fourth-order valence-electron chi connectivity index (χ4n) is 2.09. The molecule has 0 bridgehead atoms. The van der Waals surface area contributed by atoms with Crippen molar-refractivity contribution in [2.75, 3.05) is 6.61 Å². The third-order valence-corrected chi connectivity index (χ3v) is 3.60. The number of unbranched alkanes of at least 4 members (excludes halogenated alkanes) is 11. The molecule has 0 aromatic heterocycles. The molecule has 3 nitrogen and oxygen atoms in total. The topological polar surface area (TPSA) is 52.5 Å². The van der Waals surface area contributed by atoms with Gasteiger partial charge in [0.1, 0.15) is 0 Å². The summed E-state index contributed by atoms with van der Waals surface area (Å²) in [5.41, 5.74) is 0. The number of hydrogen-bond donors (Lipinski definition) is 1. The van der Waals surface area contributed by atoms with E-state index in [-0.39, 0.29) is 29.6 Å². The maximum atomic E-state index is 10.2. The average molecular weight is 300 g/mol. The second-order valence-corrected chi connectivity index (χ2v) is 5.69. The minimum atomic E-state index is -2.39. The van der Waals surface area contributed by atoms with E-state index in [9.17, 15) is 4.89 Å². The zero-order valence-electron chi connectivity index (χ0n) is 12.9. The Morgan fingerprint density at radius 2 is 1.16 bits per heavy atom. The van der Waals surface area contributed by atoms with E-state index in [1.165, 1.54) is 64.2 Å². The van der Waals surface area contributed by atoms with Crippen molar-refractivity contribution in [3.8, 4) is 0 Å². The summed E-state index contributed by atoms with van der Waals surface area (Å²) in [4.78, 5) is 18.6. The van der Waals surface area contributed by atoms with Crippen molar-refractivity contribution in [1.82, 2.24) is 0 Å². The molecule has 1 atom stereocenters. The van der Waals surface area contributed by atoms with E-state index in [1.54, 1.807) is 0 Å². The van der Waals surface area contributed by atoms with Crippen LogP contribution in [0.2, 0.25) is 0 Å². The Hall–Kier alpha value is 1.31. The molecule has 0 radical (unpaired) electrons. The Morgan fingerprint density at radius 3 is 1.53 bits per heavy atom. The summed E-state index contributed by atoms with van der Waals surface area (Å²) in [6.07, 6.45) is 15.5. The van der Waals surface area contributed by atoms with Gasteiger partial charge in [-0.1, -0.05) is 77.6 Å². The van der Waals surface area contributed by atoms with Gasteiger partial charge in [0.05, 0.1) is 15.2 Å². The molecule has 0 saturated heterocycles. The maximum Gasteiger partial charge on any atom is 1.00 e. The van der Waals surface area contributed by atoms with Gasteiger partial charge in [-0.05, 0) is 6.42 Å². The zero-order valence-corrected chi connectivity index (χ0v) is 15.8. The number of hydrogen-bond acceptors (Lipinski definition) is 3. The molecule has 0 aromatic carbocycles. The van der Waals surface area contributed by atoms with Crippen LogP contribution in [-0.4, -0.2) is 11.5 Å². The molecule has 0 fully saturated rings. The minimum absolute atomic E-state index is 0. The van der Waals surface area contributed by atoms with E-state index >= 15 is 0 Å². The van der Waals surface area contributed by atoms with E-state index in [2.05, 4.69) is 11.4 Å². The monoisotopic (exact) mass is 300 g/mol. The van der Waals surface area contributed by atoms with Crippen LogP contribution in [0, 0.1) is 0 Å². The van der Waals surface area contributed by atoms with Crippen molar-refractivity contribution in [2.45, 2.75) is 84.0 Å². The molecule has 19 heavy (non-hydrogen) atoms. The molecule has 0 saturated carbocycles. The van der Waals surface area contributed by atoms with Gasteiger partial charge in [-0.3, -0.25) is 0 Å². The summed E-state index contributed by atoms with van der Waals surface area (Å²) in [5, 5.41) is 0. The first-order chi connectivity index (χ1) is 8.77. The van der Waals surface area contributed by atoms with Gasteiger partial charge in [-0.15, -0.1) is 0 Å². The van der Waals surface area contributed by atoms with Gasteiger partial charge >= 0.3 is 29.6 Å². The van der Waals surface area contributed by atoms with Crippen LogP contribution in [0.3, 0.4) is 0 Å². The largest absolute Gasteiger partial charge is 1.00 e. The van der Waals surface area contributed by atoms with Crippen LogP contribution in [0.5, 0.6) is 0 Å². The summed E-state index contributed by atoms with van der Waals surface area (Å²) in [5.74, 6) is 0. The van der Waals surface area contributed by atoms with Crippen molar-refractivity contribution in [3.05, 3.63) is 0 Å². The molecule has 0 aliphatic rings. The van der Waals surface area contributed by atoms with E-state index in [4.69, 9.17) is 4.89 Å². The smallest absolute Gasteiger partial charge is 0.786 e. The Bertz CT molecular complexity index is 160. The Labute approximate surface area is 142 Å². The van der Waals surface area contributed by atoms with E-state index in [0.717, 1.165) is 12.8 Å². The van der Waals surface area contributed by atoms with Crippen LogP contribution >= 0.6 is 8.60 Å². The van der Waals surface area contributed by atoms with Crippen molar-refractivity contribution in [1.29, 1.82) is 0 Å². The molecule has 0 aliphatic carbocycles. The standard InChI is InChI=1S/C14H30O3P.Na/c1-2-3-4-5-6-7-8-9-10-11-12-13-14-17-18(15)16;/h15H,2-14H2,1H3;/q-1;+1. The summed E-state index contributed by atoms with van der Waals surface area (Å²) in [7, 11) is -2.39. The molecule has 1 N–H and O–H groups in total. The third-order valence-electron chi connectivity index (χ3n) is 3.20. The predicted octanol–water partition coefficient (Wildman–Crippen LogP) is 1.29. The van der Waals surface area contributed by atoms with Gasteiger partial charge in [0.25, 0.3) is 0 Å². The van der Waals surface area contributed by atoms with Crippen molar-refractivity contribution >= 4 is 8.60 Å². The van der Waals surface area contributed by atoms with Crippen molar-refractivity contribution < 1.29 is 43.9 Å². The average Bonchev–Trinajstić information content (AvgIpc) is 2.34. The van der Waals surface area contributed by atoms with Gasteiger partial charge in [0, 0.05) is 0 Å². The van der Waals surface area contributed by atoms with E-state index in [0.29, 0.717) is 6.61 Å². The van der Waals surface area contributed by atoms with Crippen LogP contribution in [0.15, 0.2) is 0 Å². The van der Waals surface area contributed by atoms with Crippen LogP contribution in [0.1, 0.15) is 84.0 Å². The molecule has 0 rings (SSSR count). The summed E-state index contributed by atoms with van der Waals surface area (Å²) in [6.45, 7) is 2.67. The van der Waals surface area contributed by atoms with Crippen LogP contribution in [0.25, 0.3) is 0 Å². The fraction of sp³-hybridized carbons (Fsp3) is 1.00. The predicted molar refractivity (Wildman–Crippen MR) is 76.2 cm³/mol. The minimum Gasteiger partial charge on any atom is -0.786 e. The molecule has 1 unspecified atom stereocenters. The SMILES string of the molecule is CCCCCCCCCCCCCCOP([O-])O.[Na+]. The van der Waals surface area contributed by atoms with Gasteiger partial charge in [0.2, 0.25) is 0 Å². The van der Waals surface area contributed by atoms with Crippen LogP contribution in [0.4, 0.5) is 0 Å². The third kappa shape index (κ3) is 21.8. The van der Waals surface area contributed by atoms with Gasteiger partial charge in [-0.2, -0.15) is 0 Å². The summed E-state index contributed by atoms with van der Waals surface area (Å²) < 4.78 is 4.60.